The van der Waals surface area contributed by atoms with E-state index >= 15 is 0 Å². The van der Waals surface area contributed by atoms with E-state index in [0.717, 1.165) is 31.6 Å². The first-order valence-electron chi connectivity index (χ1n) is 9.94. The van der Waals surface area contributed by atoms with Gasteiger partial charge in [-0.3, -0.25) is 9.69 Å². The van der Waals surface area contributed by atoms with Crippen molar-refractivity contribution in [2.24, 2.45) is 0 Å². The van der Waals surface area contributed by atoms with Gasteiger partial charge >= 0.3 is 6.18 Å². The van der Waals surface area contributed by atoms with Crippen molar-refractivity contribution in [2.75, 3.05) is 6.54 Å². The van der Waals surface area contributed by atoms with Gasteiger partial charge in [-0.05, 0) is 29.7 Å². The van der Waals surface area contributed by atoms with Gasteiger partial charge in [-0.15, -0.1) is 0 Å². The number of fused-ring (bicyclic) bond motifs is 1. The lowest BCUT2D eigenvalue weighted by atomic mass is 10.0. The Hall–Kier alpha value is -2.93. The van der Waals surface area contributed by atoms with Gasteiger partial charge in [0.2, 0.25) is 0 Å². The summed E-state index contributed by atoms with van der Waals surface area (Å²) >= 11 is 0. The molecule has 1 N–H and O–H groups in total. The second-order valence-electron chi connectivity index (χ2n) is 7.50. The summed E-state index contributed by atoms with van der Waals surface area (Å²) in [5, 5.41) is 0. The molecule has 0 bridgehead atoms. The van der Waals surface area contributed by atoms with Gasteiger partial charge < -0.3 is 4.98 Å². The van der Waals surface area contributed by atoms with Crippen molar-refractivity contribution in [1.29, 1.82) is 0 Å². The minimum Gasteiger partial charge on any atom is -0.306 e. The average molecular weight is 413 g/mol. The molecule has 30 heavy (non-hydrogen) atoms. The van der Waals surface area contributed by atoms with Crippen LogP contribution < -0.4 is 5.56 Å². The Balaban J connectivity index is 1.56. The number of aromatic amines is 1. The highest BCUT2D eigenvalue weighted by Gasteiger charge is 2.30. The van der Waals surface area contributed by atoms with E-state index in [0.29, 0.717) is 35.6 Å². The number of H-pyrrole nitrogens is 1. The molecular weight excluding hydrogens is 391 g/mol. The molecule has 156 valence electrons. The zero-order valence-corrected chi connectivity index (χ0v) is 16.6. The van der Waals surface area contributed by atoms with E-state index in [1.807, 2.05) is 12.1 Å². The van der Waals surface area contributed by atoms with Crippen LogP contribution in [0.15, 0.2) is 53.3 Å². The molecule has 0 saturated heterocycles. The maximum atomic E-state index is 12.8. The summed E-state index contributed by atoms with van der Waals surface area (Å²) in [7, 11) is 0. The normalized spacial score (nSPS) is 14.5. The van der Waals surface area contributed by atoms with E-state index in [1.54, 1.807) is 0 Å². The second kappa shape index (κ2) is 8.07. The zero-order valence-electron chi connectivity index (χ0n) is 16.6. The molecule has 4 nitrogen and oxygen atoms in total. The zero-order chi connectivity index (χ0) is 21.3. The highest BCUT2D eigenvalue weighted by molar-refractivity contribution is 5.56. The molecule has 4 rings (SSSR count). The van der Waals surface area contributed by atoms with Crippen LogP contribution in [-0.2, 0) is 32.1 Å². The maximum Gasteiger partial charge on any atom is 0.416 e. The molecule has 3 aromatic rings. The summed E-state index contributed by atoms with van der Waals surface area (Å²) in [5.41, 5.74) is 3.40. The van der Waals surface area contributed by atoms with Crippen LogP contribution >= 0.6 is 0 Å². The summed E-state index contributed by atoms with van der Waals surface area (Å²) in [4.78, 5) is 22.2. The first kappa shape index (κ1) is 20.3. The second-order valence-corrected chi connectivity index (χ2v) is 7.50. The first-order chi connectivity index (χ1) is 14.3. The molecule has 0 saturated carbocycles. The van der Waals surface area contributed by atoms with Crippen LogP contribution in [0, 0.1) is 0 Å². The minimum absolute atomic E-state index is 0.233. The fourth-order valence-corrected chi connectivity index (χ4v) is 3.87. The number of hydrogen-bond donors (Lipinski definition) is 1. The SMILES string of the molecule is CCc1ccccc1CN1CCc2nc(-c3ccc(C(F)(F)F)cc3)[nH]c(=O)c2C1. The Morgan fingerprint density at radius 3 is 2.43 bits per heavy atom. The number of benzene rings is 2. The standard InChI is InChI=1S/C23H22F3N3O/c1-2-15-5-3-4-6-17(15)13-29-12-11-20-19(14-29)22(30)28-21(27-20)16-7-9-18(10-8-16)23(24,25)26/h3-10H,2,11-14H2,1H3,(H,27,28,30). The summed E-state index contributed by atoms with van der Waals surface area (Å²) in [6.07, 6.45) is -2.81. The van der Waals surface area contributed by atoms with E-state index < -0.39 is 11.7 Å². The first-order valence-corrected chi connectivity index (χ1v) is 9.94. The molecular formula is C23H22F3N3O. The topological polar surface area (TPSA) is 49.0 Å². The number of aromatic nitrogens is 2. The Kier molecular flexibility index (Phi) is 5.47. The van der Waals surface area contributed by atoms with Crippen LogP contribution in [0.2, 0.25) is 0 Å². The summed E-state index contributed by atoms with van der Waals surface area (Å²) in [6, 6.07) is 13.0. The number of nitrogens with one attached hydrogen (secondary N) is 1. The number of halogens is 3. The van der Waals surface area contributed by atoms with Crippen LogP contribution in [0.4, 0.5) is 13.2 Å². The van der Waals surface area contributed by atoms with Gasteiger partial charge in [-0.25, -0.2) is 4.98 Å². The van der Waals surface area contributed by atoms with Gasteiger partial charge in [0, 0.05) is 31.6 Å². The van der Waals surface area contributed by atoms with Crippen molar-refractivity contribution in [1.82, 2.24) is 14.9 Å². The Morgan fingerprint density at radius 2 is 1.77 bits per heavy atom. The van der Waals surface area contributed by atoms with Crippen LogP contribution in [0.3, 0.4) is 0 Å². The lowest BCUT2D eigenvalue weighted by Crippen LogP contribution is -2.35. The largest absolute Gasteiger partial charge is 0.416 e. The molecule has 2 heterocycles. The average Bonchev–Trinajstić information content (AvgIpc) is 2.74. The Labute approximate surface area is 172 Å². The van der Waals surface area contributed by atoms with Crippen molar-refractivity contribution in [3.63, 3.8) is 0 Å². The van der Waals surface area contributed by atoms with Crippen LogP contribution in [0.25, 0.3) is 11.4 Å². The van der Waals surface area contributed by atoms with Crippen molar-refractivity contribution < 1.29 is 13.2 Å². The van der Waals surface area contributed by atoms with Gasteiger partial charge in [0.1, 0.15) is 5.82 Å². The molecule has 0 atom stereocenters. The molecule has 0 amide bonds. The predicted octanol–water partition coefficient (Wildman–Crippen LogP) is 4.58. The molecule has 0 spiro atoms. The van der Waals surface area contributed by atoms with E-state index in [-0.39, 0.29) is 5.56 Å². The molecule has 0 aliphatic carbocycles. The number of hydrogen-bond acceptors (Lipinski definition) is 3. The molecule has 1 aromatic heterocycles. The molecule has 0 unspecified atom stereocenters. The third-order valence-electron chi connectivity index (χ3n) is 5.53. The van der Waals surface area contributed by atoms with E-state index in [1.165, 1.54) is 23.3 Å². The van der Waals surface area contributed by atoms with Crippen molar-refractivity contribution in [2.45, 2.75) is 39.0 Å². The van der Waals surface area contributed by atoms with Gasteiger partial charge in [0.25, 0.3) is 5.56 Å². The van der Waals surface area contributed by atoms with Crippen LogP contribution in [0.1, 0.15) is 34.9 Å². The highest BCUT2D eigenvalue weighted by atomic mass is 19.4. The summed E-state index contributed by atoms with van der Waals surface area (Å²) in [6.45, 7) is 4.17. The van der Waals surface area contributed by atoms with Crippen molar-refractivity contribution >= 4 is 0 Å². The molecule has 1 aliphatic heterocycles. The third-order valence-corrected chi connectivity index (χ3v) is 5.53. The van der Waals surface area contributed by atoms with E-state index in [4.69, 9.17) is 0 Å². The molecule has 2 aromatic carbocycles. The smallest absolute Gasteiger partial charge is 0.306 e. The fraction of sp³-hybridized carbons (Fsp3) is 0.304. The molecule has 7 heteroatoms. The Morgan fingerprint density at radius 1 is 1.07 bits per heavy atom. The number of rotatable bonds is 4. The van der Waals surface area contributed by atoms with Gasteiger partial charge in [0.05, 0.1) is 16.8 Å². The lowest BCUT2D eigenvalue weighted by molar-refractivity contribution is -0.137. The fourth-order valence-electron chi connectivity index (χ4n) is 3.87. The number of nitrogens with zero attached hydrogens (tertiary/aromatic N) is 2. The number of alkyl halides is 3. The summed E-state index contributed by atoms with van der Waals surface area (Å²) in [5.74, 6) is 0.303. The van der Waals surface area contributed by atoms with Crippen LogP contribution in [0.5, 0.6) is 0 Å². The monoisotopic (exact) mass is 413 g/mol. The van der Waals surface area contributed by atoms with Crippen molar-refractivity contribution in [3.8, 4) is 11.4 Å². The molecule has 0 fully saturated rings. The van der Waals surface area contributed by atoms with Gasteiger partial charge in [0.15, 0.2) is 0 Å². The summed E-state index contributed by atoms with van der Waals surface area (Å²) < 4.78 is 38.3. The molecule has 0 radical (unpaired) electrons. The minimum atomic E-state index is -4.39. The quantitative estimate of drug-likeness (QED) is 0.681. The van der Waals surface area contributed by atoms with Crippen LogP contribution in [-0.4, -0.2) is 21.4 Å². The number of aryl methyl sites for hydroxylation is 1. The third kappa shape index (κ3) is 4.16. The Bertz CT molecular complexity index is 1100. The van der Waals surface area contributed by atoms with Gasteiger partial charge in [-0.2, -0.15) is 13.2 Å². The predicted molar refractivity (Wildman–Crippen MR) is 109 cm³/mol. The van der Waals surface area contributed by atoms with Crippen molar-refractivity contribution in [3.05, 3.63) is 86.8 Å². The van der Waals surface area contributed by atoms with Gasteiger partial charge in [-0.1, -0.05) is 43.3 Å². The molecule has 1 aliphatic rings. The van der Waals surface area contributed by atoms with E-state index in [2.05, 4.69) is 33.9 Å². The van der Waals surface area contributed by atoms with E-state index in [9.17, 15) is 18.0 Å². The lowest BCUT2D eigenvalue weighted by Gasteiger charge is -2.28. The highest BCUT2D eigenvalue weighted by Crippen LogP contribution is 2.30. The maximum absolute atomic E-state index is 12.8.